The second kappa shape index (κ2) is 4.99. The monoisotopic (exact) mass is 231 g/mol. The van der Waals surface area contributed by atoms with Crippen LogP contribution in [0.1, 0.15) is 11.1 Å². The van der Waals surface area contributed by atoms with Gasteiger partial charge in [0, 0.05) is 6.54 Å². The molecule has 0 aliphatic rings. The van der Waals surface area contributed by atoms with E-state index >= 15 is 0 Å². The second-order valence-corrected chi connectivity index (χ2v) is 3.12. The Morgan fingerprint density at radius 2 is 2.00 bits per heavy atom. The molecule has 0 saturated carbocycles. The minimum atomic E-state index is -4.67. The maximum Gasteiger partial charge on any atom is 0.419 e. The van der Waals surface area contributed by atoms with E-state index in [2.05, 4.69) is 11.2 Å². The van der Waals surface area contributed by atoms with Crippen LogP contribution >= 0.6 is 0 Å². The largest absolute Gasteiger partial charge is 0.419 e. The maximum absolute atomic E-state index is 12.9. The van der Waals surface area contributed by atoms with Gasteiger partial charge in [0.05, 0.1) is 12.1 Å². The molecular weight excluding hydrogens is 222 g/mol. The van der Waals surface area contributed by atoms with Crippen molar-refractivity contribution in [1.29, 1.82) is 0 Å². The minimum absolute atomic E-state index is 0.174. The minimum Gasteiger partial charge on any atom is -0.302 e. The first-order valence-electron chi connectivity index (χ1n) is 4.45. The van der Waals surface area contributed by atoms with Crippen LogP contribution in [0.4, 0.5) is 17.6 Å². The summed E-state index contributed by atoms with van der Waals surface area (Å²) < 4.78 is 49.9. The highest BCUT2D eigenvalue weighted by Crippen LogP contribution is 2.31. The summed E-state index contributed by atoms with van der Waals surface area (Å²) in [5.74, 6) is 1.02. The molecule has 0 fully saturated rings. The van der Waals surface area contributed by atoms with Crippen LogP contribution in [0.15, 0.2) is 18.2 Å². The smallest absolute Gasteiger partial charge is 0.302 e. The Kier molecular flexibility index (Phi) is 3.91. The number of terminal acetylenes is 1. The van der Waals surface area contributed by atoms with Gasteiger partial charge in [0.2, 0.25) is 0 Å². The molecule has 0 aromatic heterocycles. The van der Waals surface area contributed by atoms with Crippen LogP contribution < -0.4 is 5.32 Å². The number of halogens is 4. The van der Waals surface area contributed by atoms with Crippen LogP contribution in [0.3, 0.4) is 0 Å². The summed E-state index contributed by atoms with van der Waals surface area (Å²) in [5.41, 5.74) is -0.920. The molecule has 0 amide bonds. The lowest BCUT2D eigenvalue weighted by Crippen LogP contribution is -2.15. The summed E-state index contributed by atoms with van der Waals surface area (Å²) in [4.78, 5) is 0. The van der Waals surface area contributed by atoms with Gasteiger partial charge in [-0.2, -0.15) is 13.2 Å². The van der Waals surface area contributed by atoms with Crippen molar-refractivity contribution in [3.8, 4) is 12.3 Å². The lowest BCUT2D eigenvalue weighted by atomic mass is 10.1. The summed E-state index contributed by atoms with van der Waals surface area (Å²) in [6, 6.07) is 2.86. The van der Waals surface area contributed by atoms with Crippen LogP contribution in [-0.2, 0) is 12.7 Å². The van der Waals surface area contributed by atoms with E-state index in [4.69, 9.17) is 6.42 Å². The fourth-order valence-corrected chi connectivity index (χ4v) is 1.18. The molecule has 0 saturated heterocycles. The molecule has 1 nitrogen and oxygen atoms in total. The third-order valence-electron chi connectivity index (χ3n) is 1.89. The zero-order valence-corrected chi connectivity index (χ0v) is 8.24. The van der Waals surface area contributed by atoms with Gasteiger partial charge in [-0.1, -0.05) is 12.0 Å². The predicted molar refractivity (Wildman–Crippen MR) is 51.9 cm³/mol. The number of nitrogens with one attached hydrogen (secondary N) is 1. The number of rotatable bonds is 3. The predicted octanol–water partition coefficient (Wildman–Crippen LogP) is 2.57. The Morgan fingerprint density at radius 1 is 1.31 bits per heavy atom. The molecule has 1 aromatic carbocycles. The van der Waals surface area contributed by atoms with E-state index in [-0.39, 0.29) is 13.1 Å². The molecule has 1 rings (SSSR count). The first kappa shape index (κ1) is 12.5. The first-order chi connectivity index (χ1) is 7.45. The molecule has 86 valence electrons. The first-order valence-corrected chi connectivity index (χ1v) is 4.45. The van der Waals surface area contributed by atoms with Gasteiger partial charge >= 0.3 is 6.18 Å². The third kappa shape index (κ3) is 3.24. The lowest BCUT2D eigenvalue weighted by molar-refractivity contribution is -0.140. The van der Waals surface area contributed by atoms with E-state index < -0.39 is 17.6 Å². The number of alkyl halides is 3. The molecule has 1 N–H and O–H groups in total. The Hall–Kier alpha value is -1.54. The Morgan fingerprint density at radius 3 is 2.56 bits per heavy atom. The summed E-state index contributed by atoms with van der Waals surface area (Å²) >= 11 is 0. The molecule has 0 atom stereocenters. The second-order valence-electron chi connectivity index (χ2n) is 3.12. The van der Waals surface area contributed by atoms with Crippen LogP contribution in [-0.4, -0.2) is 6.54 Å². The SMILES string of the molecule is C#CCNCc1ccc(F)c(C(F)(F)F)c1. The molecule has 5 heteroatoms. The standard InChI is InChI=1S/C11H9F4N/c1-2-5-16-7-8-3-4-10(12)9(6-8)11(13,14)15/h1,3-4,6,16H,5,7H2. The van der Waals surface area contributed by atoms with Gasteiger partial charge in [0.15, 0.2) is 0 Å². The van der Waals surface area contributed by atoms with Gasteiger partial charge in [-0.05, 0) is 17.7 Å². The quantitative estimate of drug-likeness (QED) is 0.479. The molecule has 0 bridgehead atoms. The average Bonchev–Trinajstić information content (AvgIpc) is 2.19. The van der Waals surface area contributed by atoms with Crippen LogP contribution in [0.25, 0.3) is 0 Å². The fourth-order valence-electron chi connectivity index (χ4n) is 1.18. The maximum atomic E-state index is 12.9. The molecule has 1 aromatic rings. The lowest BCUT2D eigenvalue weighted by Gasteiger charge is -2.10. The Labute approximate surface area is 90.5 Å². The van der Waals surface area contributed by atoms with Gasteiger partial charge < -0.3 is 5.32 Å². The highest BCUT2D eigenvalue weighted by atomic mass is 19.4. The fraction of sp³-hybridized carbons (Fsp3) is 0.273. The van der Waals surface area contributed by atoms with Crippen LogP contribution in [0.2, 0.25) is 0 Å². The van der Waals surface area contributed by atoms with E-state index in [0.29, 0.717) is 5.56 Å². The van der Waals surface area contributed by atoms with Crippen molar-refractivity contribution in [3.05, 3.63) is 35.1 Å². The zero-order chi connectivity index (χ0) is 12.2. The van der Waals surface area contributed by atoms with E-state index in [9.17, 15) is 17.6 Å². The van der Waals surface area contributed by atoms with E-state index in [1.54, 1.807) is 0 Å². The molecule has 0 aliphatic carbocycles. The molecule has 0 aliphatic heterocycles. The number of hydrogen-bond donors (Lipinski definition) is 1. The highest BCUT2D eigenvalue weighted by molar-refractivity contribution is 5.27. The summed E-state index contributed by atoms with van der Waals surface area (Å²) in [5, 5.41) is 2.72. The van der Waals surface area contributed by atoms with Gasteiger partial charge in [0.1, 0.15) is 5.82 Å². The van der Waals surface area contributed by atoms with Gasteiger partial charge in [-0.25, -0.2) is 4.39 Å². The van der Waals surface area contributed by atoms with Crippen molar-refractivity contribution in [2.45, 2.75) is 12.7 Å². The number of hydrogen-bond acceptors (Lipinski definition) is 1. The molecule has 0 heterocycles. The van der Waals surface area contributed by atoms with E-state index in [1.165, 1.54) is 6.07 Å². The third-order valence-corrected chi connectivity index (χ3v) is 1.89. The summed E-state index contributed by atoms with van der Waals surface area (Å²) in [6.45, 7) is 0.423. The van der Waals surface area contributed by atoms with Gasteiger partial charge in [0.25, 0.3) is 0 Å². The van der Waals surface area contributed by atoms with Crippen molar-refractivity contribution in [2.24, 2.45) is 0 Å². The number of benzene rings is 1. The molecule has 0 radical (unpaired) electrons. The van der Waals surface area contributed by atoms with Gasteiger partial charge in [-0.15, -0.1) is 6.42 Å². The van der Waals surface area contributed by atoms with Crippen molar-refractivity contribution < 1.29 is 17.6 Å². The summed E-state index contributed by atoms with van der Waals surface area (Å²) in [7, 11) is 0. The normalized spacial score (nSPS) is 11.2. The van der Waals surface area contributed by atoms with Crippen molar-refractivity contribution in [2.75, 3.05) is 6.54 Å². The molecule has 0 spiro atoms. The van der Waals surface area contributed by atoms with E-state index in [1.807, 2.05) is 0 Å². The Balaban J connectivity index is 2.87. The highest BCUT2D eigenvalue weighted by Gasteiger charge is 2.34. The topological polar surface area (TPSA) is 12.0 Å². The van der Waals surface area contributed by atoms with Crippen molar-refractivity contribution in [1.82, 2.24) is 5.32 Å². The molecular formula is C11H9F4N. The molecule has 0 unspecified atom stereocenters. The Bertz CT molecular complexity index is 403. The summed E-state index contributed by atoms with van der Waals surface area (Å²) in [6.07, 6.45) is 0.289. The molecule has 16 heavy (non-hydrogen) atoms. The van der Waals surface area contributed by atoms with Crippen LogP contribution in [0.5, 0.6) is 0 Å². The van der Waals surface area contributed by atoms with Crippen molar-refractivity contribution in [3.63, 3.8) is 0 Å². The van der Waals surface area contributed by atoms with Gasteiger partial charge in [-0.3, -0.25) is 0 Å². The average molecular weight is 231 g/mol. The van der Waals surface area contributed by atoms with Crippen LogP contribution in [0, 0.1) is 18.2 Å². The van der Waals surface area contributed by atoms with E-state index in [0.717, 1.165) is 12.1 Å². The zero-order valence-electron chi connectivity index (χ0n) is 8.24. The van der Waals surface area contributed by atoms with Crippen molar-refractivity contribution >= 4 is 0 Å².